The molecule has 0 aromatic heterocycles. The standard InChI is InChI=1S/C13H20N2O2S/c1-10(2)13-7-4-8-15(13)18(16,17)12-6-3-5-11(14)9-12/h3,5-6,9-10,13H,4,7-8,14H2,1-2H3. The van der Waals surface area contributed by atoms with Crippen molar-refractivity contribution in [1.29, 1.82) is 0 Å². The molecule has 1 unspecified atom stereocenters. The van der Waals surface area contributed by atoms with Gasteiger partial charge in [0.05, 0.1) is 4.90 Å². The average Bonchev–Trinajstić information content (AvgIpc) is 2.78. The lowest BCUT2D eigenvalue weighted by molar-refractivity contribution is 0.316. The van der Waals surface area contributed by atoms with E-state index in [0.717, 1.165) is 12.8 Å². The van der Waals surface area contributed by atoms with Gasteiger partial charge in [-0.15, -0.1) is 0 Å². The van der Waals surface area contributed by atoms with Crippen LogP contribution in [-0.2, 0) is 10.0 Å². The van der Waals surface area contributed by atoms with Gasteiger partial charge in [-0.2, -0.15) is 4.31 Å². The molecule has 2 rings (SSSR count). The second kappa shape index (κ2) is 4.90. The highest BCUT2D eigenvalue weighted by atomic mass is 32.2. The number of nitrogens with two attached hydrogens (primary N) is 1. The van der Waals surface area contributed by atoms with E-state index < -0.39 is 10.0 Å². The van der Waals surface area contributed by atoms with Gasteiger partial charge in [0, 0.05) is 18.3 Å². The molecule has 0 amide bonds. The highest BCUT2D eigenvalue weighted by molar-refractivity contribution is 7.89. The molecule has 1 saturated heterocycles. The van der Waals surface area contributed by atoms with Crippen molar-refractivity contribution in [3.05, 3.63) is 24.3 Å². The van der Waals surface area contributed by atoms with E-state index in [2.05, 4.69) is 13.8 Å². The van der Waals surface area contributed by atoms with E-state index in [4.69, 9.17) is 5.73 Å². The zero-order valence-corrected chi connectivity index (χ0v) is 11.7. The summed E-state index contributed by atoms with van der Waals surface area (Å²) < 4.78 is 26.8. The van der Waals surface area contributed by atoms with Crippen molar-refractivity contribution in [3.63, 3.8) is 0 Å². The van der Waals surface area contributed by atoms with E-state index in [9.17, 15) is 8.42 Å². The average molecular weight is 268 g/mol. The van der Waals surface area contributed by atoms with E-state index in [0.29, 0.717) is 23.0 Å². The molecule has 100 valence electrons. The van der Waals surface area contributed by atoms with Gasteiger partial charge in [0.25, 0.3) is 0 Å². The molecule has 1 fully saturated rings. The summed E-state index contributed by atoms with van der Waals surface area (Å²) in [6.45, 7) is 4.75. The molecule has 18 heavy (non-hydrogen) atoms. The van der Waals surface area contributed by atoms with E-state index >= 15 is 0 Å². The minimum atomic E-state index is -3.40. The third-order valence-electron chi connectivity index (χ3n) is 3.48. The number of sulfonamides is 1. The lowest BCUT2D eigenvalue weighted by Crippen LogP contribution is -2.38. The predicted octanol–water partition coefficient (Wildman–Crippen LogP) is 2.08. The number of nitrogens with zero attached hydrogens (tertiary/aromatic N) is 1. The zero-order valence-electron chi connectivity index (χ0n) is 10.8. The minimum Gasteiger partial charge on any atom is -0.399 e. The summed E-state index contributed by atoms with van der Waals surface area (Å²) in [6, 6.07) is 6.63. The number of rotatable bonds is 3. The largest absolute Gasteiger partial charge is 0.399 e. The molecule has 1 aliphatic rings. The molecule has 0 spiro atoms. The molecule has 1 heterocycles. The molecule has 5 heteroatoms. The number of hydrogen-bond donors (Lipinski definition) is 1. The Morgan fingerprint density at radius 3 is 2.72 bits per heavy atom. The van der Waals surface area contributed by atoms with Gasteiger partial charge >= 0.3 is 0 Å². The fourth-order valence-corrected chi connectivity index (χ4v) is 4.42. The van der Waals surface area contributed by atoms with Crippen molar-refractivity contribution in [3.8, 4) is 0 Å². The van der Waals surface area contributed by atoms with E-state index in [1.807, 2.05) is 0 Å². The van der Waals surface area contributed by atoms with Crippen molar-refractivity contribution in [2.45, 2.75) is 37.6 Å². The third kappa shape index (κ3) is 2.37. The number of anilines is 1. The summed E-state index contributed by atoms with van der Waals surface area (Å²) in [5.41, 5.74) is 6.15. The Kier molecular flexibility index (Phi) is 3.64. The molecule has 1 atom stereocenters. The first kappa shape index (κ1) is 13.4. The second-order valence-electron chi connectivity index (χ2n) is 5.14. The van der Waals surface area contributed by atoms with E-state index in [-0.39, 0.29) is 6.04 Å². The van der Waals surface area contributed by atoms with Gasteiger partial charge in [0.1, 0.15) is 0 Å². The van der Waals surface area contributed by atoms with Crippen molar-refractivity contribution < 1.29 is 8.42 Å². The predicted molar refractivity (Wildman–Crippen MR) is 72.6 cm³/mol. The van der Waals surface area contributed by atoms with Crippen LogP contribution >= 0.6 is 0 Å². The van der Waals surface area contributed by atoms with Gasteiger partial charge in [-0.05, 0) is 37.0 Å². The highest BCUT2D eigenvalue weighted by Crippen LogP contribution is 2.30. The lowest BCUT2D eigenvalue weighted by atomic mass is 10.0. The molecule has 1 aromatic carbocycles. The van der Waals surface area contributed by atoms with Gasteiger partial charge in [0.15, 0.2) is 0 Å². The maximum absolute atomic E-state index is 12.6. The fraction of sp³-hybridized carbons (Fsp3) is 0.538. The zero-order chi connectivity index (χ0) is 13.3. The van der Waals surface area contributed by atoms with Crippen LogP contribution in [0.25, 0.3) is 0 Å². The normalized spacial score (nSPS) is 21.6. The summed E-state index contributed by atoms with van der Waals surface area (Å²) in [5, 5.41) is 0. The monoisotopic (exact) mass is 268 g/mol. The van der Waals surface area contributed by atoms with Gasteiger partial charge in [-0.1, -0.05) is 19.9 Å². The van der Waals surface area contributed by atoms with Crippen LogP contribution in [0.1, 0.15) is 26.7 Å². The van der Waals surface area contributed by atoms with Crippen molar-refractivity contribution in [2.24, 2.45) is 5.92 Å². The smallest absolute Gasteiger partial charge is 0.243 e. The number of nitrogen functional groups attached to an aromatic ring is 1. The Morgan fingerprint density at radius 2 is 2.11 bits per heavy atom. The summed E-state index contributed by atoms with van der Waals surface area (Å²) >= 11 is 0. The Morgan fingerprint density at radius 1 is 1.39 bits per heavy atom. The molecule has 0 aliphatic carbocycles. The molecule has 0 saturated carbocycles. The van der Waals surface area contributed by atoms with Crippen LogP contribution in [0, 0.1) is 5.92 Å². The van der Waals surface area contributed by atoms with Crippen LogP contribution in [-0.4, -0.2) is 25.3 Å². The maximum atomic E-state index is 12.6. The minimum absolute atomic E-state index is 0.108. The Bertz CT molecular complexity index is 526. The molecule has 4 nitrogen and oxygen atoms in total. The van der Waals surface area contributed by atoms with Gasteiger partial charge < -0.3 is 5.73 Å². The molecule has 1 aromatic rings. The first-order valence-electron chi connectivity index (χ1n) is 6.30. The van der Waals surface area contributed by atoms with Crippen LogP contribution in [0.4, 0.5) is 5.69 Å². The Labute approximate surface area is 109 Å². The molecular weight excluding hydrogens is 248 g/mol. The van der Waals surface area contributed by atoms with Gasteiger partial charge in [-0.3, -0.25) is 0 Å². The Hall–Kier alpha value is -1.07. The maximum Gasteiger partial charge on any atom is 0.243 e. The topological polar surface area (TPSA) is 63.4 Å². The summed E-state index contributed by atoms with van der Waals surface area (Å²) in [6.07, 6.45) is 1.88. The van der Waals surface area contributed by atoms with Gasteiger partial charge in [0.2, 0.25) is 10.0 Å². The quantitative estimate of drug-likeness (QED) is 0.854. The third-order valence-corrected chi connectivity index (χ3v) is 5.40. The first-order chi connectivity index (χ1) is 8.43. The molecule has 1 aliphatic heterocycles. The first-order valence-corrected chi connectivity index (χ1v) is 7.74. The van der Waals surface area contributed by atoms with Crippen LogP contribution in [0.2, 0.25) is 0 Å². The molecule has 0 bridgehead atoms. The number of hydrogen-bond acceptors (Lipinski definition) is 3. The lowest BCUT2D eigenvalue weighted by Gasteiger charge is -2.26. The van der Waals surface area contributed by atoms with E-state index in [1.165, 1.54) is 6.07 Å². The fourth-order valence-electron chi connectivity index (χ4n) is 2.54. The second-order valence-corrected chi connectivity index (χ2v) is 7.03. The van der Waals surface area contributed by atoms with Crippen LogP contribution in [0.5, 0.6) is 0 Å². The summed E-state index contributed by atoms with van der Waals surface area (Å²) in [5.74, 6) is 0.336. The highest BCUT2D eigenvalue weighted by Gasteiger charge is 2.36. The van der Waals surface area contributed by atoms with Crippen LogP contribution in [0.15, 0.2) is 29.2 Å². The molecular formula is C13H20N2O2S. The van der Waals surface area contributed by atoms with Crippen molar-refractivity contribution >= 4 is 15.7 Å². The van der Waals surface area contributed by atoms with Crippen molar-refractivity contribution in [1.82, 2.24) is 4.31 Å². The van der Waals surface area contributed by atoms with E-state index in [1.54, 1.807) is 22.5 Å². The number of benzene rings is 1. The van der Waals surface area contributed by atoms with Gasteiger partial charge in [-0.25, -0.2) is 8.42 Å². The van der Waals surface area contributed by atoms with Crippen molar-refractivity contribution in [2.75, 3.05) is 12.3 Å². The molecule has 0 radical (unpaired) electrons. The summed E-state index contributed by atoms with van der Waals surface area (Å²) in [4.78, 5) is 0.301. The molecule has 2 N–H and O–H groups in total. The summed E-state index contributed by atoms with van der Waals surface area (Å²) in [7, 11) is -3.40. The SMILES string of the molecule is CC(C)C1CCCN1S(=O)(=O)c1cccc(N)c1. The Balaban J connectivity index is 2.37. The van der Waals surface area contributed by atoms with Crippen LogP contribution < -0.4 is 5.73 Å². The van der Waals surface area contributed by atoms with Crippen LogP contribution in [0.3, 0.4) is 0 Å².